The topological polar surface area (TPSA) is 64.8 Å². The van der Waals surface area contributed by atoms with Crippen LogP contribution in [0.3, 0.4) is 0 Å². The van der Waals surface area contributed by atoms with Gasteiger partial charge < -0.3 is 19.9 Å². The molecule has 5 nitrogen and oxygen atoms in total. The Labute approximate surface area is 173 Å². The van der Waals surface area contributed by atoms with Gasteiger partial charge in [0.1, 0.15) is 0 Å². The Hall–Kier alpha value is -0.785. The van der Waals surface area contributed by atoms with Gasteiger partial charge in [-0.05, 0) is 70.6 Å². The van der Waals surface area contributed by atoms with Gasteiger partial charge in [0.25, 0.3) is 5.91 Å². The predicted octanol–water partition coefficient (Wildman–Crippen LogP) is 2.87. The molecule has 0 aromatic heterocycles. The molecule has 1 aromatic carbocycles. The maximum Gasteiger partial charge on any atom is 0.494 e. The van der Waals surface area contributed by atoms with Crippen molar-refractivity contribution >= 4 is 42.5 Å². The van der Waals surface area contributed by atoms with Crippen molar-refractivity contribution in [1.29, 1.82) is 0 Å². The number of rotatable bonds is 3. The fourth-order valence-electron chi connectivity index (χ4n) is 3.37. The van der Waals surface area contributed by atoms with Gasteiger partial charge in [-0.2, -0.15) is 0 Å². The third kappa shape index (κ3) is 4.46. The van der Waals surface area contributed by atoms with E-state index in [0.29, 0.717) is 23.0 Å². The number of likely N-dealkylation sites (tertiary alicyclic amines) is 1. The van der Waals surface area contributed by atoms with E-state index in [1.54, 1.807) is 12.1 Å². The molecule has 27 heavy (non-hydrogen) atoms. The van der Waals surface area contributed by atoms with Crippen molar-refractivity contribution in [2.45, 2.75) is 51.7 Å². The van der Waals surface area contributed by atoms with Crippen LogP contribution in [0.1, 0.15) is 50.9 Å². The number of benzene rings is 1. The van der Waals surface area contributed by atoms with Gasteiger partial charge >= 0.3 is 7.12 Å². The Morgan fingerprint density at radius 1 is 1.22 bits per heavy atom. The van der Waals surface area contributed by atoms with Crippen LogP contribution in [-0.4, -0.2) is 48.8 Å². The lowest BCUT2D eigenvalue weighted by atomic mass is 9.79. The van der Waals surface area contributed by atoms with E-state index in [2.05, 4.69) is 0 Å². The molecule has 2 N–H and O–H groups in total. The van der Waals surface area contributed by atoms with Crippen LogP contribution in [-0.2, 0) is 9.31 Å². The average molecular weight is 415 g/mol. The summed E-state index contributed by atoms with van der Waals surface area (Å²) in [4.78, 5) is 14.7. The molecule has 1 amide bonds. The standard InChI is InChI=1S/C19H28BClN2O3.ClH/c1-18(2)19(3,4)26-20(25-18)14-5-6-15(16(21)11-14)17(24)23-9-7-13(12-22)8-10-23;/h5-6,11,13H,7-10,12,22H2,1-4H3;1H. The molecule has 0 unspecified atom stereocenters. The smallest absolute Gasteiger partial charge is 0.399 e. The molecular weight excluding hydrogens is 386 g/mol. The monoisotopic (exact) mass is 414 g/mol. The van der Waals surface area contributed by atoms with Crippen LogP contribution in [0.5, 0.6) is 0 Å². The summed E-state index contributed by atoms with van der Waals surface area (Å²) in [5.41, 5.74) is 6.26. The van der Waals surface area contributed by atoms with Crippen LogP contribution >= 0.6 is 24.0 Å². The van der Waals surface area contributed by atoms with Crippen molar-refractivity contribution in [3.8, 4) is 0 Å². The highest BCUT2D eigenvalue weighted by molar-refractivity contribution is 6.62. The van der Waals surface area contributed by atoms with Gasteiger partial charge in [-0.1, -0.05) is 17.7 Å². The first-order chi connectivity index (χ1) is 12.1. The van der Waals surface area contributed by atoms with Crippen molar-refractivity contribution in [3.63, 3.8) is 0 Å². The van der Waals surface area contributed by atoms with E-state index >= 15 is 0 Å². The van der Waals surface area contributed by atoms with Crippen LogP contribution in [0.25, 0.3) is 0 Å². The van der Waals surface area contributed by atoms with E-state index in [1.807, 2.05) is 38.7 Å². The Balaban J connectivity index is 0.00000261. The zero-order valence-corrected chi connectivity index (χ0v) is 18.0. The summed E-state index contributed by atoms with van der Waals surface area (Å²) in [6.45, 7) is 10.2. The maximum atomic E-state index is 12.8. The molecule has 0 atom stereocenters. The molecule has 3 rings (SSSR count). The van der Waals surface area contributed by atoms with Crippen LogP contribution in [0, 0.1) is 5.92 Å². The molecule has 0 radical (unpaired) electrons. The molecule has 0 aliphatic carbocycles. The van der Waals surface area contributed by atoms with Crippen LogP contribution < -0.4 is 11.2 Å². The summed E-state index contributed by atoms with van der Waals surface area (Å²) in [5, 5.41) is 0.433. The third-order valence-corrected chi connectivity index (χ3v) is 6.30. The maximum absolute atomic E-state index is 12.8. The first-order valence-electron chi connectivity index (χ1n) is 9.29. The molecule has 2 aliphatic heterocycles. The Morgan fingerprint density at radius 2 is 1.78 bits per heavy atom. The zero-order chi connectivity index (χ0) is 19.1. The van der Waals surface area contributed by atoms with Crippen LogP contribution in [0.2, 0.25) is 5.02 Å². The fourth-order valence-corrected chi connectivity index (χ4v) is 3.64. The molecule has 0 spiro atoms. The highest BCUT2D eigenvalue weighted by atomic mass is 35.5. The Kier molecular flexibility index (Phi) is 6.91. The van der Waals surface area contributed by atoms with E-state index in [9.17, 15) is 4.79 Å². The second kappa shape index (κ2) is 8.30. The minimum Gasteiger partial charge on any atom is -0.399 e. The molecule has 8 heteroatoms. The SMILES string of the molecule is CC1(C)OB(c2ccc(C(=O)N3CCC(CN)CC3)c(Cl)c2)OC1(C)C.Cl. The van der Waals surface area contributed by atoms with Crippen molar-refractivity contribution in [1.82, 2.24) is 4.90 Å². The largest absolute Gasteiger partial charge is 0.494 e. The zero-order valence-electron chi connectivity index (χ0n) is 16.5. The highest BCUT2D eigenvalue weighted by Gasteiger charge is 2.51. The Bertz CT molecular complexity index is 676. The van der Waals surface area contributed by atoms with Crippen molar-refractivity contribution in [3.05, 3.63) is 28.8 Å². The summed E-state index contributed by atoms with van der Waals surface area (Å²) < 4.78 is 12.1. The first-order valence-corrected chi connectivity index (χ1v) is 9.67. The van der Waals surface area contributed by atoms with E-state index in [1.165, 1.54) is 0 Å². The lowest BCUT2D eigenvalue weighted by Crippen LogP contribution is -2.41. The van der Waals surface area contributed by atoms with Gasteiger partial charge in [0.15, 0.2) is 0 Å². The number of hydrogen-bond acceptors (Lipinski definition) is 4. The van der Waals surface area contributed by atoms with Gasteiger partial charge in [0.05, 0.1) is 21.8 Å². The van der Waals surface area contributed by atoms with Gasteiger partial charge in [-0.25, -0.2) is 0 Å². The molecule has 2 aliphatic rings. The molecule has 0 bridgehead atoms. The lowest BCUT2D eigenvalue weighted by molar-refractivity contribution is 0.00578. The summed E-state index contributed by atoms with van der Waals surface area (Å²) in [6, 6.07) is 5.43. The number of piperidine rings is 1. The summed E-state index contributed by atoms with van der Waals surface area (Å²) in [7, 11) is -0.484. The fraction of sp³-hybridized carbons (Fsp3) is 0.632. The molecule has 2 heterocycles. The number of carbonyl (C=O) groups excluding carboxylic acids is 1. The molecule has 150 valence electrons. The number of carbonyl (C=O) groups is 1. The molecule has 2 saturated heterocycles. The highest BCUT2D eigenvalue weighted by Crippen LogP contribution is 2.36. The number of amides is 1. The van der Waals surface area contributed by atoms with E-state index in [4.69, 9.17) is 26.6 Å². The molecule has 0 saturated carbocycles. The third-order valence-electron chi connectivity index (χ3n) is 5.98. The molecule has 2 fully saturated rings. The van der Waals surface area contributed by atoms with Gasteiger partial charge in [0.2, 0.25) is 0 Å². The minimum atomic E-state index is -0.484. The molecular formula is C19H29BCl2N2O3. The van der Waals surface area contributed by atoms with Gasteiger partial charge in [0, 0.05) is 13.1 Å². The second-order valence-corrected chi connectivity index (χ2v) is 8.71. The van der Waals surface area contributed by atoms with Crippen molar-refractivity contribution < 1.29 is 14.1 Å². The average Bonchev–Trinajstić information content (AvgIpc) is 2.82. The van der Waals surface area contributed by atoms with E-state index in [0.717, 1.165) is 31.4 Å². The van der Waals surface area contributed by atoms with Crippen molar-refractivity contribution in [2.75, 3.05) is 19.6 Å². The summed E-state index contributed by atoms with van der Waals surface area (Å²) >= 11 is 6.44. The van der Waals surface area contributed by atoms with Crippen LogP contribution in [0.15, 0.2) is 18.2 Å². The van der Waals surface area contributed by atoms with E-state index in [-0.39, 0.29) is 18.3 Å². The normalized spacial score (nSPS) is 21.9. The first kappa shape index (κ1) is 22.5. The summed E-state index contributed by atoms with van der Waals surface area (Å²) in [6.07, 6.45) is 1.90. The number of nitrogens with zero attached hydrogens (tertiary/aromatic N) is 1. The predicted molar refractivity (Wildman–Crippen MR) is 112 cm³/mol. The Morgan fingerprint density at radius 3 is 2.26 bits per heavy atom. The quantitative estimate of drug-likeness (QED) is 0.772. The number of halogens is 2. The van der Waals surface area contributed by atoms with Crippen LogP contribution in [0.4, 0.5) is 0 Å². The van der Waals surface area contributed by atoms with E-state index < -0.39 is 18.3 Å². The minimum absolute atomic E-state index is 0. The summed E-state index contributed by atoms with van der Waals surface area (Å²) in [5.74, 6) is 0.492. The van der Waals surface area contributed by atoms with Gasteiger partial charge in [-0.3, -0.25) is 4.79 Å². The van der Waals surface area contributed by atoms with Crippen molar-refractivity contribution in [2.24, 2.45) is 11.7 Å². The second-order valence-electron chi connectivity index (χ2n) is 8.30. The van der Waals surface area contributed by atoms with Gasteiger partial charge in [-0.15, -0.1) is 12.4 Å². The number of hydrogen-bond donors (Lipinski definition) is 1. The lowest BCUT2D eigenvalue weighted by Gasteiger charge is -2.32. The molecule has 1 aromatic rings. The number of nitrogens with two attached hydrogens (primary N) is 1.